The van der Waals surface area contributed by atoms with Crippen molar-refractivity contribution < 1.29 is 19.4 Å². The molecule has 1 N–H and O–H groups in total. The third-order valence-corrected chi connectivity index (χ3v) is 5.01. The molecule has 0 aromatic rings. The van der Waals surface area contributed by atoms with Crippen LogP contribution in [0, 0.1) is 23.7 Å². The number of aliphatic hydroxyl groups is 1. The molecule has 118 valence electrons. The van der Waals surface area contributed by atoms with E-state index in [2.05, 4.69) is 6.92 Å². The van der Waals surface area contributed by atoms with Crippen LogP contribution in [0.25, 0.3) is 0 Å². The SMILES string of the molecule is CC(=O)OCCC(=O)C1C(C)=CC(O)C2CC(C)CCC12. The topological polar surface area (TPSA) is 63.6 Å². The number of rotatable bonds is 4. The Labute approximate surface area is 126 Å². The quantitative estimate of drug-likeness (QED) is 0.639. The molecule has 21 heavy (non-hydrogen) atoms. The minimum Gasteiger partial charge on any atom is -0.465 e. The first kappa shape index (κ1) is 16.2. The van der Waals surface area contributed by atoms with Gasteiger partial charge in [0.15, 0.2) is 0 Å². The molecule has 2 aliphatic carbocycles. The fraction of sp³-hybridized carbons (Fsp3) is 0.765. The zero-order chi connectivity index (χ0) is 15.6. The highest BCUT2D eigenvalue weighted by molar-refractivity contribution is 5.84. The normalized spacial score (nSPS) is 35.6. The van der Waals surface area contributed by atoms with Gasteiger partial charge in [-0.05, 0) is 37.5 Å². The average molecular weight is 294 g/mol. The molecule has 1 saturated carbocycles. The predicted octanol–water partition coefficient (Wildman–Crippen LogP) is 2.50. The van der Waals surface area contributed by atoms with Gasteiger partial charge in [0.1, 0.15) is 5.78 Å². The molecular formula is C17H26O4. The van der Waals surface area contributed by atoms with Crippen LogP contribution in [-0.2, 0) is 14.3 Å². The molecule has 2 aliphatic rings. The molecule has 5 unspecified atom stereocenters. The third-order valence-electron chi connectivity index (χ3n) is 5.01. The maximum Gasteiger partial charge on any atom is 0.302 e. The Balaban J connectivity index is 2.07. The van der Waals surface area contributed by atoms with Crippen LogP contribution < -0.4 is 0 Å². The van der Waals surface area contributed by atoms with E-state index in [9.17, 15) is 14.7 Å². The summed E-state index contributed by atoms with van der Waals surface area (Å²) in [4.78, 5) is 23.3. The van der Waals surface area contributed by atoms with E-state index in [0.29, 0.717) is 5.92 Å². The first-order valence-corrected chi connectivity index (χ1v) is 7.92. The number of Topliss-reactive ketones (excluding diaryl/α,β-unsaturated/α-hetero) is 1. The lowest BCUT2D eigenvalue weighted by Crippen LogP contribution is -2.43. The number of carbonyl (C=O) groups is 2. The number of hydrogen-bond donors (Lipinski definition) is 1. The molecule has 0 saturated heterocycles. The third kappa shape index (κ3) is 3.73. The van der Waals surface area contributed by atoms with Crippen molar-refractivity contribution in [2.45, 2.75) is 52.6 Å². The number of ether oxygens (including phenoxy) is 1. The number of allylic oxidation sites excluding steroid dienone is 1. The highest BCUT2D eigenvalue weighted by Crippen LogP contribution is 2.46. The lowest BCUT2D eigenvalue weighted by atomic mass is 9.61. The van der Waals surface area contributed by atoms with Gasteiger partial charge in [-0.1, -0.05) is 25.0 Å². The summed E-state index contributed by atoms with van der Waals surface area (Å²) in [6.07, 6.45) is 4.81. The number of esters is 1. The maximum absolute atomic E-state index is 12.5. The molecule has 1 fully saturated rings. The Morgan fingerprint density at radius 1 is 1.33 bits per heavy atom. The fourth-order valence-electron chi connectivity index (χ4n) is 4.03. The molecule has 0 amide bonds. The highest BCUT2D eigenvalue weighted by atomic mass is 16.5. The van der Waals surface area contributed by atoms with E-state index >= 15 is 0 Å². The number of ketones is 1. The van der Waals surface area contributed by atoms with Crippen LogP contribution in [-0.4, -0.2) is 29.6 Å². The zero-order valence-electron chi connectivity index (χ0n) is 13.2. The summed E-state index contributed by atoms with van der Waals surface area (Å²) in [5.74, 6) is 0.733. The molecule has 2 rings (SSSR count). The standard InChI is InChI=1S/C17H26O4/c1-10-4-5-13-14(8-10)16(20)9-11(2)17(13)15(19)6-7-21-12(3)18/h9-10,13-14,16-17,20H,4-8H2,1-3H3. The Kier molecular flexibility index (Phi) is 5.20. The van der Waals surface area contributed by atoms with Crippen LogP contribution in [0.1, 0.15) is 46.5 Å². The number of aliphatic hydroxyl groups excluding tert-OH is 1. The molecule has 0 aromatic heterocycles. The Hall–Kier alpha value is -1.16. The molecule has 5 atom stereocenters. The summed E-state index contributed by atoms with van der Waals surface area (Å²) >= 11 is 0. The van der Waals surface area contributed by atoms with Crippen LogP contribution in [0.15, 0.2) is 11.6 Å². The van der Waals surface area contributed by atoms with Crippen molar-refractivity contribution >= 4 is 11.8 Å². The molecule has 0 radical (unpaired) electrons. The maximum atomic E-state index is 12.5. The Bertz CT molecular complexity index is 440. The Morgan fingerprint density at radius 2 is 2.05 bits per heavy atom. The molecule has 0 spiro atoms. The first-order chi connectivity index (χ1) is 9.90. The summed E-state index contributed by atoms with van der Waals surface area (Å²) in [6, 6.07) is 0. The number of carbonyl (C=O) groups excluding carboxylic acids is 2. The predicted molar refractivity (Wildman–Crippen MR) is 79.5 cm³/mol. The van der Waals surface area contributed by atoms with E-state index in [1.54, 1.807) is 0 Å². The van der Waals surface area contributed by atoms with Crippen LogP contribution in [0.4, 0.5) is 0 Å². The van der Waals surface area contributed by atoms with Crippen molar-refractivity contribution in [3.8, 4) is 0 Å². The van der Waals surface area contributed by atoms with Crippen molar-refractivity contribution in [1.82, 2.24) is 0 Å². The van der Waals surface area contributed by atoms with Crippen LogP contribution >= 0.6 is 0 Å². The van der Waals surface area contributed by atoms with E-state index < -0.39 is 6.10 Å². The number of hydrogen-bond acceptors (Lipinski definition) is 4. The van der Waals surface area contributed by atoms with Crippen molar-refractivity contribution in [3.63, 3.8) is 0 Å². The van der Waals surface area contributed by atoms with Crippen molar-refractivity contribution in [3.05, 3.63) is 11.6 Å². The molecule has 0 heterocycles. The Morgan fingerprint density at radius 3 is 2.71 bits per heavy atom. The second-order valence-corrected chi connectivity index (χ2v) is 6.68. The summed E-state index contributed by atoms with van der Waals surface area (Å²) < 4.78 is 4.88. The summed E-state index contributed by atoms with van der Waals surface area (Å²) in [7, 11) is 0. The lowest BCUT2D eigenvalue weighted by Gasteiger charge is -2.44. The van der Waals surface area contributed by atoms with Gasteiger partial charge < -0.3 is 9.84 Å². The first-order valence-electron chi connectivity index (χ1n) is 7.92. The highest BCUT2D eigenvalue weighted by Gasteiger charge is 2.43. The second-order valence-electron chi connectivity index (χ2n) is 6.68. The molecule has 0 bridgehead atoms. The van der Waals surface area contributed by atoms with Gasteiger partial charge in [-0.25, -0.2) is 0 Å². The van der Waals surface area contributed by atoms with E-state index in [1.165, 1.54) is 6.92 Å². The van der Waals surface area contributed by atoms with Crippen molar-refractivity contribution in [2.75, 3.05) is 6.61 Å². The number of fused-ring (bicyclic) bond motifs is 1. The molecule has 0 aliphatic heterocycles. The van der Waals surface area contributed by atoms with E-state index in [4.69, 9.17) is 4.74 Å². The largest absolute Gasteiger partial charge is 0.465 e. The minimum atomic E-state index is -0.421. The van der Waals surface area contributed by atoms with Crippen molar-refractivity contribution in [2.24, 2.45) is 23.7 Å². The zero-order valence-corrected chi connectivity index (χ0v) is 13.2. The summed E-state index contributed by atoms with van der Waals surface area (Å²) in [6.45, 7) is 5.66. The molecule has 4 nitrogen and oxygen atoms in total. The van der Waals surface area contributed by atoms with E-state index in [1.807, 2.05) is 13.0 Å². The monoisotopic (exact) mass is 294 g/mol. The van der Waals surface area contributed by atoms with Gasteiger partial charge in [-0.15, -0.1) is 0 Å². The summed E-state index contributed by atoms with van der Waals surface area (Å²) in [5.41, 5.74) is 0.978. The van der Waals surface area contributed by atoms with Crippen molar-refractivity contribution in [1.29, 1.82) is 0 Å². The van der Waals surface area contributed by atoms with Gasteiger partial charge in [-0.2, -0.15) is 0 Å². The van der Waals surface area contributed by atoms with Gasteiger partial charge in [0.05, 0.1) is 12.7 Å². The van der Waals surface area contributed by atoms with Gasteiger partial charge >= 0.3 is 5.97 Å². The van der Waals surface area contributed by atoms with Crippen LogP contribution in [0.3, 0.4) is 0 Å². The lowest BCUT2D eigenvalue weighted by molar-refractivity contribution is -0.142. The smallest absolute Gasteiger partial charge is 0.302 e. The summed E-state index contributed by atoms with van der Waals surface area (Å²) in [5, 5.41) is 10.3. The fourth-order valence-corrected chi connectivity index (χ4v) is 4.03. The van der Waals surface area contributed by atoms with Gasteiger partial charge in [-0.3, -0.25) is 9.59 Å². The molecular weight excluding hydrogens is 268 g/mol. The van der Waals surface area contributed by atoms with Gasteiger partial charge in [0, 0.05) is 19.3 Å². The van der Waals surface area contributed by atoms with E-state index in [-0.39, 0.29) is 42.5 Å². The second kappa shape index (κ2) is 6.73. The van der Waals surface area contributed by atoms with E-state index in [0.717, 1.165) is 24.8 Å². The van der Waals surface area contributed by atoms with Gasteiger partial charge in [0.25, 0.3) is 0 Å². The van der Waals surface area contributed by atoms with Crippen LogP contribution in [0.2, 0.25) is 0 Å². The van der Waals surface area contributed by atoms with Gasteiger partial charge in [0.2, 0.25) is 0 Å². The van der Waals surface area contributed by atoms with Crippen LogP contribution in [0.5, 0.6) is 0 Å². The minimum absolute atomic E-state index is 0.110. The molecule has 4 heteroatoms. The average Bonchev–Trinajstić information content (AvgIpc) is 2.39. The molecule has 0 aromatic carbocycles.